The number of aryl methyl sites for hydroxylation is 1. The summed E-state index contributed by atoms with van der Waals surface area (Å²) in [5.74, 6) is 0.538. The van der Waals surface area contributed by atoms with Crippen LogP contribution in [0.4, 0.5) is 0 Å². The molecule has 1 saturated heterocycles. The van der Waals surface area contributed by atoms with Gasteiger partial charge >= 0.3 is 0 Å². The molecule has 106 valence electrons. The Morgan fingerprint density at radius 2 is 2.15 bits per heavy atom. The van der Waals surface area contributed by atoms with Crippen LogP contribution in [0.2, 0.25) is 0 Å². The second kappa shape index (κ2) is 5.51. The van der Waals surface area contributed by atoms with Crippen LogP contribution in [0.3, 0.4) is 0 Å². The van der Waals surface area contributed by atoms with E-state index >= 15 is 0 Å². The molecule has 1 N–H and O–H groups in total. The second-order valence-electron chi connectivity index (χ2n) is 5.70. The minimum absolute atomic E-state index is 0.319. The van der Waals surface area contributed by atoms with Crippen molar-refractivity contribution in [1.29, 1.82) is 0 Å². The van der Waals surface area contributed by atoms with E-state index in [9.17, 15) is 0 Å². The maximum atomic E-state index is 5.72. The summed E-state index contributed by atoms with van der Waals surface area (Å²) < 4.78 is 5.72. The molecule has 1 aliphatic heterocycles. The van der Waals surface area contributed by atoms with Gasteiger partial charge in [0.2, 0.25) is 0 Å². The number of hydrogen-bond acceptors (Lipinski definition) is 3. The number of aromatic nitrogens is 1. The predicted octanol–water partition coefficient (Wildman–Crippen LogP) is 3.23. The number of pyridine rings is 1. The summed E-state index contributed by atoms with van der Waals surface area (Å²) >= 11 is 0. The highest BCUT2D eigenvalue weighted by Gasteiger charge is 2.31. The van der Waals surface area contributed by atoms with Gasteiger partial charge in [-0.05, 0) is 51.1 Å². The molecule has 0 aliphatic carbocycles. The molecule has 3 heteroatoms. The van der Waals surface area contributed by atoms with E-state index in [-0.39, 0.29) is 0 Å². The lowest BCUT2D eigenvalue weighted by Gasteiger charge is -2.26. The van der Waals surface area contributed by atoms with Gasteiger partial charge in [-0.2, -0.15) is 0 Å². The van der Waals surface area contributed by atoms with Crippen LogP contribution in [-0.4, -0.2) is 24.7 Å². The average molecular weight is 270 g/mol. The van der Waals surface area contributed by atoms with Gasteiger partial charge in [-0.1, -0.05) is 12.1 Å². The van der Waals surface area contributed by atoms with E-state index in [1.54, 1.807) is 0 Å². The molecule has 1 aromatic heterocycles. The number of benzene rings is 1. The Kier molecular flexibility index (Phi) is 3.72. The standard InChI is InChI=1S/C17H22N2O/c1-11-4-5-13-10-14(6-7-16(13)19-11)17(18-3)15-8-9-20-12(15)2/h4-7,10,12,15,17-18H,8-9H2,1-3H3. The molecule has 0 saturated carbocycles. The monoisotopic (exact) mass is 270 g/mol. The fourth-order valence-corrected chi connectivity index (χ4v) is 3.25. The van der Waals surface area contributed by atoms with E-state index in [2.05, 4.69) is 47.6 Å². The Labute approximate surface area is 120 Å². The maximum absolute atomic E-state index is 5.72. The molecule has 0 bridgehead atoms. The third-order valence-corrected chi connectivity index (χ3v) is 4.39. The Bertz CT molecular complexity index is 611. The second-order valence-corrected chi connectivity index (χ2v) is 5.70. The molecule has 3 nitrogen and oxygen atoms in total. The lowest BCUT2D eigenvalue weighted by atomic mass is 9.88. The predicted molar refractivity (Wildman–Crippen MR) is 81.8 cm³/mol. The summed E-state index contributed by atoms with van der Waals surface area (Å²) in [5.41, 5.74) is 3.46. The summed E-state index contributed by atoms with van der Waals surface area (Å²) in [6.45, 7) is 5.08. The van der Waals surface area contributed by atoms with E-state index in [1.165, 1.54) is 10.9 Å². The van der Waals surface area contributed by atoms with E-state index in [4.69, 9.17) is 4.74 Å². The van der Waals surface area contributed by atoms with Gasteiger partial charge in [0.15, 0.2) is 0 Å². The first-order chi connectivity index (χ1) is 9.69. The van der Waals surface area contributed by atoms with Crippen LogP contribution in [0.15, 0.2) is 30.3 Å². The SMILES string of the molecule is CNC(c1ccc2nc(C)ccc2c1)C1CCOC1C. The molecular weight excluding hydrogens is 248 g/mol. The van der Waals surface area contributed by atoms with Crippen molar-refractivity contribution in [2.45, 2.75) is 32.4 Å². The summed E-state index contributed by atoms with van der Waals surface area (Å²) in [6, 6.07) is 11.2. The lowest BCUT2D eigenvalue weighted by Crippen LogP contribution is -2.29. The van der Waals surface area contributed by atoms with E-state index < -0.39 is 0 Å². The summed E-state index contributed by atoms with van der Waals surface area (Å²) in [4.78, 5) is 4.57. The topological polar surface area (TPSA) is 34.2 Å². The molecular formula is C17H22N2O. The van der Waals surface area contributed by atoms with Crippen molar-refractivity contribution < 1.29 is 4.74 Å². The fraction of sp³-hybridized carbons (Fsp3) is 0.471. The van der Waals surface area contributed by atoms with Crippen LogP contribution in [0.1, 0.15) is 30.6 Å². The van der Waals surface area contributed by atoms with Crippen molar-refractivity contribution >= 4 is 10.9 Å². The van der Waals surface area contributed by atoms with Gasteiger partial charge in [0, 0.05) is 29.6 Å². The number of ether oxygens (including phenoxy) is 1. The molecule has 1 aromatic carbocycles. The Morgan fingerprint density at radius 1 is 1.30 bits per heavy atom. The van der Waals surface area contributed by atoms with Crippen molar-refractivity contribution in [2.75, 3.05) is 13.7 Å². The van der Waals surface area contributed by atoms with Crippen molar-refractivity contribution in [3.05, 3.63) is 41.6 Å². The molecule has 0 amide bonds. The highest BCUT2D eigenvalue weighted by atomic mass is 16.5. The first-order valence-electron chi connectivity index (χ1n) is 7.35. The van der Waals surface area contributed by atoms with E-state index in [0.717, 1.165) is 24.2 Å². The largest absolute Gasteiger partial charge is 0.378 e. The number of rotatable bonds is 3. The van der Waals surface area contributed by atoms with Crippen LogP contribution in [0.25, 0.3) is 10.9 Å². The van der Waals surface area contributed by atoms with Crippen molar-refractivity contribution in [2.24, 2.45) is 5.92 Å². The quantitative estimate of drug-likeness (QED) is 0.929. The Hall–Kier alpha value is -1.45. The molecule has 3 rings (SSSR count). The van der Waals surface area contributed by atoms with Gasteiger partial charge in [0.25, 0.3) is 0 Å². The van der Waals surface area contributed by atoms with E-state index in [0.29, 0.717) is 18.1 Å². The van der Waals surface area contributed by atoms with Gasteiger partial charge in [-0.3, -0.25) is 4.98 Å². The Morgan fingerprint density at radius 3 is 2.85 bits per heavy atom. The zero-order valence-electron chi connectivity index (χ0n) is 12.4. The number of hydrogen-bond donors (Lipinski definition) is 1. The highest BCUT2D eigenvalue weighted by Crippen LogP contribution is 2.34. The lowest BCUT2D eigenvalue weighted by molar-refractivity contribution is 0.0963. The number of nitrogens with one attached hydrogen (secondary N) is 1. The third kappa shape index (κ3) is 2.43. The first kappa shape index (κ1) is 13.5. The van der Waals surface area contributed by atoms with Crippen LogP contribution in [0.5, 0.6) is 0 Å². The highest BCUT2D eigenvalue weighted by molar-refractivity contribution is 5.79. The number of nitrogens with zero attached hydrogens (tertiary/aromatic N) is 1. The average Bonchev–Trinajstić information content (AvgIpc) is 2.86. The Balaban J connectivity index is 1.97. The van der Waals surface area contributed by atoms with Crippen LogP contribution < -0.4 is 5.32 Å². The first-order valence-corrected chi connectivity index (χ1v) is 7.35. The van der Waals surface area contributed by atoms with Gasteiger partial charge in [-0.25, -0.2) is 0 Å². The van der Waals surface area contributed by atoms with Crippen LogP contribution in [0, 0.1) is 12.8 Å². The summed E-state index contributed by atoms with van der Waals surface area (Å²) in [6.07, 6.45) is 1.44. The minimum Gasteiger partial charge on any atom is -0.378 e. The molecule has 3 atom stereocenters. The fourth-order valence-electron chi connectivity index (χ4n) is 3.25. The summed E-state index contributed by atoms with van der Waals surface area (Å²) in [5, 5.41) is 4.67. The van der Waals surface area contributed by atoms with Crippen molar-refractivity contribution in [1.82, 2.24) is 10.3 Å². The normalized spacial score (nSPS) is 24.1. The zero-order valence-corrected chi connectivity index (χ0v) is 12.4. The molecule has 0 spiro atoms. The third-order valence-electron chi connectivity index (χ3n) is 4.39. The molecule has 3 unspecified atom stereocenters. The molecule has 20 heavy (non-hydrogen) atoms. The molecule has 2 heterocycles. The van der Waals surface area contributed by atoms with Gasteiger partial charge in [0.05, 0.1) is 11.6 Å². The minimum atomic E-state index is 0.319. The van der Waals surface area contributed by atoms with Crippen molar-refractivity contribution in [3.8, 4) is 0 Å². The molecule has 1 aliphatic rings. The molecule has 2 aromatic rings. The zero-order chi connectivity index (χ0) is 14.1. The van der Waals surface area contributed by atoms with Gasteiger partial charge in [-0.15, -0.1) is 0 Å². The summed E-state index contributed by atoms with van der Waals surface area (Å²) in [7, 11) is 2.04. The maximum Gasteiger partial charge on any atom is 0.0705 e. The van der Waals surface area contributed by atoms with E-state index in [1.807, 2.05) is 14.0 Å². The van der Waals surface area contributed by atoms with Crippen LogP contribution in [-0.2, 0) is 4.74 Å². The molecule has 1 fully saturated rings. The van der Waals surface area contributed by atoms with Gasteiger partial charge in [0.1, 0.15) is 0 Å². The number of fused-ring (bicyclic) bond motifs is 1. The molecule has 0 radical (unpaired) electrons. The van der Waals surface area contributed by atoms with Crippen molar-refractivity contribution in [3.63, 3.8) is 0 Å². The smallest absolute Gasteiger partial charge is 0.0705 e. The van der Waals surface area contributed by atoms with Crippen LogP contribution >= 0.6 is 0 Å². The van der Waals surface area contributed by atoms with Gasteiger partial charge < -0.3 is 10.1 Å².